The van der Waals surface area contributed by atoms with Gasteiger partial charge in [0.1, 0.15) is 5.60 Å². The summed E-state index contributed by atoms with van der Waals surface area (Å²) in [4.78, 5) is 16.6. The second-order valence-electron chi connectivity index (χ2n) is 7.02. The van der Waals surface area contributed by atoms with E-state index >= 15 is 0 Å². The van der Waals surface area contributed by atoms with E-state index in [1.165, 1.54) is 12.8 Å². The fourth-order valence-electron chi connectivity index (χ4n) is 3.24. The lowest BCUT2D eigenvalue weighted by Crippen LogP contribution is -2.45. The van der Waals surface area contributed by atoms with Gasteiger partial charge in [0.2, 0.25) is 0 Å². The summed E-state index contributed by atoms with van der Waals surface area (Å²) < 4.78 is 5.54. The van der Waals surface area contributed by atoms with Crippen LogP contribution in [0.3, 0.4) is 0 Å². The van der Waals surface area contributed by atoms with E-state index in [2.05, 4.69) is 11.9 Å². The van der Waals surface area contributed by atoms with Crippen molar-refractivity contribution in [3.05, 3.63) is 0 Å². The van der Waals surface area contributed by atoms with Gasteiger partial charge in [-0.1, -0.05) is 0 Å². The molecule has 2 aliphatic rings. The molecule has 0 saturated carbocycles. The van der Waals surface area contributed by atoms with Gasteiger partial charge in [-0.15, -0.1) is 0 Å². The van der Waals surface area contributed by atoms with Gasteiger partial charge in [0.15, 0.2) is 0 Å². The summed E-state index contributed by atoms with van der Waals surface area (Å²) in [6.07, 6.45) is 4.57. The summed E-state index contributed by atoms with van der Waals surface area (Å²) in [6.45, 7) is 8.99. The highest BCUT2D eigenvalue weighted by Crippen LogP contribution is 2.31. The average Bonchev–Trinajstić information content (AvgIpc) is 2.76. The number of amides is 1. The van der Waals surface area contributed by atoms with Gasteiger partial charge in [-0.25, -0.2) is 4.79 Å². The topological polar surface area (TPSA) is 32.8 Å². The summed E-state index contributed by atoms with van der Waals surface area (Å²) in [5.41, 5.74) is -0.392. The molecule has 1 atom stereocenters. The molecule has 0 aromatic heterocycles. The number of ether oxygens (including phenoxy) is 1. The molecule has 0 aromatic carbocycles. The van der Waals surface area contributed by atoms with E-state index in [9.17, 15) is 4.79 Å². The van der Waals surface area contributed by atoms with E-state index in [1.54, 1.807) is 0 Å². The summed E-state index contributed by atoms with van der Waals surface area (Å²) in [5.74, 6) is 0.659. The predicted molar refractivity (Wildman–Crippen MR) is 76.2 cm³/mol. The molecule has 1 amide bonds. The largest absolute Gasteiger partial charge is 0.444 e. The van der Waals surface area contributed by atoms with Crippen LogP contribution in [0.15, 0.2) is 0 Å². The van der Waals surface area contributed by atoms with Crippen LogP contribution < -0.4 is 0 Å². The number of piperidine rings is 1. The molecule has 4 heteroatoms. The first-order chi connectivity index (χ1) is 8.87. The Hall–Kier alpha value is -0.770. The van der Waals surface area contributed by atoms with Gasteiger partial charge in [0, 0.05) is 12.6 Å². The van der Waals surface area contributed by atoms with Crippen molar-refractivity contribution in [2.75, 3.05) is 26.7 Å². The van der Waals surface area contributed by atoms with Crippen molar-refractivity contribution in [3.63, 3.8) is 0 Å². The first-order valence-corrected chi connectivity index (χ1v) is 7.55. The average molecular weight is 268 g/mol. The number of carbonyl (C=O) groups excluding carboxylic acids is 1. The maximum absolute atomic E-state index is 12.3. The molecule has 4 nitrogen and oxygen atoms in total. The fourth-order valence-corrected chi connectivity index (χ4v) is 3.24. The van der Waals surface area contributed by atoms with Gasteiger partial charge in [-0.3, -0.25) is 0 Å². The summed E-state index contributed by atoms with van der Waals surface area (Å²) in [6, 6.07) is 0.406. The molecular weight excluding hydrogens is 240 g/mol. The zero-order valence-electron chi connectivity index (χ0n) is 12.8. The molecule has 2 saturated heterocycles. The van der Waals surface area contributed by atoms with E-state index in [0.29, 0.717) is 12.0 Å². The third-order valence-electron chi connectivity index (χ3n) is 4.23. The standard InChI is InChI=1S/C15H28N2O2/c1-15(2,3)19-14(18)17-9-5-6-13(17)12-7-10-16(4)11-8-12/h12-13H,5-11H2,1-4H3/t13-/m0/s1. The van der Waals surface area contributed by atoms with Crippen LogP contribution >= 0.6 is 0 Å². The Kier molecular flexibility index (Phi) is 4.39. The van der Waals surface area contributed by atoms with Gasteiger partial charge >= 0.3 is 6.09 Å². The third kappa shape index (κ3) is 3.85. The normalized spacial score (nSPS) is 26.7. The number of nitrogens with zero attached hydrogens (tertiary/aromatic N) is 2. The van der Waals surface area contributed by atoms with Crippen LogP contribution in [-0.4, -0.2) is 54.2 Å². The summed E-state index contributed by atoms with van der Waals surface area (Å²) >= 11 is 0. The number of likely N-dealkylation sites (tertiary alicyclic amines) is 2. The van der Waals surface area contributed by atoms with Gasteiger partial charge in [-0.05, 0) is 72.5 Å². The molecule has 0 spiro atoms. The molecule has 110 valence electrons. The van der Waals surface area contributed by atoms with E-state index in [-0.39, 0.29) is 6.09 Å². The molecule has 0 radical (unpaired) electrons. The lowest BCUT2D eigenvalue weighted by molar-refractivity contribution is 0.0141. The van der Waals surface area contributed by atoms with Crippen molar-refractivity contribution < 1.29 is 9.53 Å². The van der Waals surface area contributed by atoms with E-state index in [0.717, 1.165) is 32.5 Å². The molecule has 0 aromatic rings. The van der Waals surface area contributed by atoms with Gasteiger partial charge in [0.05, 0.1) is 0 Å². The third-order valence-corrected chi connectivity index (χ3v) is 4.23. The number of hydrogen-bond donors (Lipinski definition) is 0. The quantitative estimate of drug-likeness (QED) is 0.733. The molecule has 0 bridgehead atoms. The predicted octanol–water partition coefficient (Wildman–Crippen LogP) is 2.73. The molecule has 2 fully saturated rings. The minimum absolute atomic E-state index is 0.117. The highest BCUT2D eigenvalue weighted by Gasteiger charge is 2.37. The molecular formula is C15H28N2O2. The van der Waals surface area contributed by atoms with Crippen molar-refractivity contribution in [1.29, 1.82) is 0 Å². The molecule has 2 rings (SSSR count). The van der Waals surface area contributed by atoms with Gasteiger partial charge < -0.3 is 14.5 Å². The second-order valence-corrected chi connectivity index (χ2v) is 7.02. The van der Waals surface area contributed by atoms with Crippen LogP contribution in [0.1, 0.15) is 46.5 Å². The van der Waals surface area contributed by atoms with E-state index < -0.39 is 5.60 Å². The lowest BCUT2D eigenvalue weighted by Gasteiger charge is -2.37. The zero-order valence-corrected chi connectivity index (χ0v) is 12.8. The van der Waals surface area contributed by atoms with Crippen LogP contribution in [0.2, 0.25) is 0 Å². The van der Waals surface area contributed by atoms with Gasteiger partial charge in [-0.2, -0.15) is 0 Å². The van der Waals surface area contributed by atoms with Crippen LogP contribution in [-0.2, 0) is 4.74 Å². The Morgan fingerprint density at radius 3 is 2.32 bits per heavy atom. The van der Waals surface area contributed by atoms with Crippen molar-refractivity contribution in [1.82, 2.24) is 9.80 Å². The number of hydrogen-bond acceptors (Lipinski definition) is 3. The Balaban J connectivity index is 1.95. The molecule has 19 heavy (non-hydrogen) atoms. The first-order valence-electron chi connectivity index (χ1n) is 7.55. The summed E-state index contributed by atoms with van der Waals surface area (Å²) in [7, 11) is 2.18. The zero-order chi connectivity index (χ0) is 14.0. The monoisotopic (exact) mass is 268 g/mol. The SMILES string of the molecule is CN1CCC([C@@H]2CCCN2C(=O)OC(C)(C)C)CC1. The van der Waals surface area contributed by atoms with Crippen LogP contribution in [0.5, 0.6) is 0 Å². The van der Waals surface area contributed by atoms with E-state index in [1.807, 2.05) is 25.7 Å². The lowest BCUT2D eigenvalue weighted by atomic mass is 9.88. The maximum Gasteiger partial charge on any atom is 0.410 e. The Morgan fingerprint density at radius 2 is 1.74 bits per heavy atom. The Labute approximate surface area is 117 Å². The van der Waals surface area contributed by atoms with Crippen molar-refractivity contribution >= 4 is 6.09 Å². The first kappa shape index (κ1) is 14.6. The molecule has 0 N–H and O–H groups in total. The second kappa shape index (κ2) is 5.70. The van der Waals surface area contributed by atoms with Crippen molar-refractivity contribution in [3.8, 4) is 0 Å². The van der Waals surface area contributed by atoms with Gasteiger partial charge in [0.25, 0.3) is 0 Å². The Morgan fingerprint density at radius 1 is 1.11 bits per heavy atom. The molecule has 0 unspecified atom stereocenters. The smallest absolute Gasteiger partial charge is 0.410 e. The minimum atomic E-state index is -0.392. The Bertz CT molecular complexity index is 317. The highest BCUT2D eigenvalue weighted by molar-refractivity contribution is 5.69. The van der Waals surface area contributed by atoms with Crippen LogP contribution in [0, 0.1) is 5.92 Å². The summed E-state index contributed by atoms with van der Waals surface area (Å²) in [5, 5.41) is 0. The molecule has 2 heterocycles. The van der Waals surface area contributed by atoms with Crippen LogP contribution in [0.25, 0.3) is 0 Å². The highest BCUT2D eigenvalue weighted by atomic mass is 16.6. The number of carbonyl (C=O) groups is 1. The van der Waals surface area contributed by atoms with Crippen LogP contribution in [0.4, 0.5) is 4.79 Å². The molecule has 2 aliphatic heterocycles. The minimum Gasteiger partial charge on any atom is -0.444 e. The van der Waals surface area contributed by atoms with E-state index in [4.69, 9.17) is 4.74 Å². The van der Waals surface area contributed by atoms with Crippen molar-refractivity contribution in [2.24, 2.45) is 5.92 Å². The fraction of sp³-hybridized carbons (Fsp3) is 0.933. The maximum atomic E-state index is 12.3. The van der Waals surface area contributed by atoms with Crippen molar-refractivity contribution in [2.45, 2.75) is 58.1 Å². The number of rotatable bonds is 1. The molecule has 0 aliphatic carbocycles.